The molecule has 0 aromatic heterocycles. The molecular formula is C9H14F2. The number of alkyl halides is 2. The highest BCUT2D eigenvalue weighted by Crippen LogP contribution is 2.62. The lowest BCUT2D eigenvalue weighted by atomic mass is 10.0. The summed E-state index contributed by atoms with van der Waals surface area (Å²) in [4.78, 5) is 0. The van der Waals surface area contributed by atoms with Crippen LogP contribution in [-0.2, 0) is 0 Å². The SMILES string of the molecule is CC(C)=CCC1(C)CC1(F)F. The normalized spacial score (nSPS) is 33.2. The third-order valence-electron chi connectivity index (χ3n) is 2.33. The molecule has 0 amide bonds. The molecule has 0 bridgehead atoms. The highest BCUT2D eigenvalue weighted by atomic mass is 19.3. The fourth-order valence-corrected chi connectivity index (χ4v) is 1.10. The number of hydrogen-bond acceptors (Lipinski definition) is 0. The van der Waals surface area contributed by atoms with Gasteiger partial charge in [-0.25, -0.2) is 8.78 Å². The van der Waals surface area contributed by atoms with E-state index in [1.54, 1.807) is 6.92 Å². The van der Waals surface area contributed by atoms with Gasteiger partial charge in [0.05, 0.1) is 0 Å². The van der Waals surface area contributed by atoms with Gasteiger partial charge in [-0.15, -0.1) is 0 Å². The molecule has 1 atom stereocenters. The monoisotopic (exact) mass is 160 g/mol. The van der Waals surface area contributed by atoms with Crippen molar-refractivity contribution >= 4 is 0 Å². The molecule has 0 radical (unpaired) electrons. The van der Waals surface area contributed by atoms with E-state index < -0.39 is 11.3 Å². The number of allylic oxidation sites excluding steroid dienone is 2. The maximum Gasteiger partial charge on any atom is 0.254 e. The van der Waals surface area contributed by atoms with Crippen LogP contribution in [0.25, 0.3) is 0 Å². The smallest absolute Gasteiger partial charge is 0.206 e. The average Bonchev–Trinajstić information content (AvgIpc) is 2.29. The summed E-state index contributed by atoms with van der Waals surface area (Å²) < 4.78 is 25.2. The summed E-state index contributed by atoms with van der Waals surface area (Å²) in [7, 11) is 0. The molecule has 1 aliphatic carbocycles. The number of halogens is 2. The largest absolute Gasteiger partial charge is 0.254 e. The van der Waals surface area contributed by atoms with E-state index in [0.717, 1.165) is 5.57 Å². The minimum absolute atomic E-state index is 0.0593. The molecule has 1 fully saturated rings. The van der Waals surface area contributed by atoms with Crippen molar-refractivity contribution in [3.63, 3.8) is 0 Å². The summed E-state index contributed by atoms with van der Waals surface area (Å²) in [5.41, 5.74) is 0.388. The van der Waals surface area contributed by atoms with Gasteiger partial charge in [-0.1, -0.05) is 18.6 Å². The zero-order valence-corrected chi connectivity index (χ0v) is 7.25. The maximum absolute atomic E-state index is 12.6. The van der Waals surface area contributed by atoms with Crippen LogP contribution in [0.3, 0.4) is 0 Å². The minimum Gasteiger partial charge on any atom is -0.206 e. The van der Waals surface area contributed by atoms with Crippen LogP contribution in [-0.4, -0.2) is 5.92 Å². The molecule has 0 nitrogen and oxygen atoms in total. The van der Waals surface area contributed by atoms with Crippen molar-refractivity contribution in [3.8, 4) is 0 Å². The highest BCUT2D eigenvalue weighted by molar-refractivity contribution is 5.11. The van der Waals surface area contributed by atoms with Gasteiger partial charge in [0.15, 0.2) is 0 Å². The van der Waals surface area contributed by atoms with E-state index in [9.17, 15) is 8.78 Å². The van der Waals surface area contributed by atoms with Crippen molar-refractivity contribution in [3.05, 3.63) is 11.6 Å². The van der Waals surface area contributed by atoms with Crippen LogP contribution in [0.1, 0.15) is 33.6 Å². The van der Waals surface area contributed by atoms with Crippen LogP contribution in [0, 0.1) is 5.41 Å². The lowest BCUT2D eigenvalue weighted by Crippen LogP contribution is -2.04. The van der Waals surface area contributed by atoms with Gasteiger partial charge in [-0.05, 0) is 20.3 Å². The Morgan fingerprint density at radius 1 is 1.45 bits per heavy atom. The van der Waals surface area contributed by atoms with Gasteiger partial charge >= 0.3 is 0 Å². The summed E-state index contributed by atoms with van der Waals surface area (Å²) in [5.74, 6) is -2.40. The lowest BCUT2D eigenvalue weighted by Gasteiger charge is -2.05. The summed E-state index contributed by atoms with van der Waals surface area (Å²) >= 11 is 0. The quantitative estimate of drug-likeness (QED) is 0.543. The van der Waals surface area contributed by atoms with Gasteiger partial charge in [-0.3, -0.25) is 0 Å². The van der Waals surface area contributed by atoms with Gasteiger partial charge in [0.25, 0.3) is 5.92 Å². The van der Waals surface area contributed by atoms with Crippen molar-refractivity contribution in [2.45, 2.75) is 39.5 Å². The van der Waals surface area contributed by atoms with Gasteiger partial charge in [0, 0.05) is 11.8 Å². The molecule has 64 valence electrons. The third kappa shape index (κ3) is 1.60. The molecule has 0 N–H and O–H groups in total. The van der Waals surface area contributed by atoms with Crippen molar-refractivity contribution in [2.75, 3.05) is 0 Å². The molecule has 2 heteroatoms. The van der Waals surface area contributed by atoms with E-state index in [-0.39, 0.29) is 6.42 Å². The van der Waals surface area contributed by atoms with E-state index in [1.165, 1.54) is 0 Å². The average molecular weight is 160 g/mol. The Morgan fingerprint density at radius 3 is 2.18 bits per heavy atom. The molecule has 0 spiro atoms. The van der Waals surface area contributed by atoms with Gasteiger partial charge in [-0.2, -0.15) is 0 Å². The molecule has 11 heavy (non-hydrogen) atoms. The molecule has 1 saturated carbocycles. The Labute approximate surface area is 66.3 Å². The lowest BCUT2D eigenvalue weighted by molar-refractivity contribution is 0.0709. The van der Waals surface area contributed by atoms with Gasteiger partial charge in [0.1, 0.15) is 0 Å². The first-order chi connectivity index (χ1) is 4.87. The predicted octanol–water partition coefficient (Wildman–Crippen LogP) is 3.39. The summed E-state index contributed by atoms with van der Waals surface area (Å²) in [6.45, 7) is 5.51. The molecule has 0 heterocycles. The van der Waals surface area contributed by atoms with Crippen LogP contribution in [0.15, 0.2) is 11.6 Å². The van der Waals surface area contributed by atoms with E-state index in [0.29, 0.717) is 6.42 Å². The Bertz CT molecular complexity index is 190. The van der Waals surface area contributed by atoms with E-state index in [4.69, 9.17) is 0 Å². The van der Waals surface area contributed by atoms with Gasteiger partial charge in [0.2, 0.25) is 0 Å². The fraction of sp³-hybridized carbons (Fsp3) is 0.778. The third-order valence-corrected chi connectivity index (χ3v) is 2.33. The number of rotatable bonds is 2. The molecule has 1 aliphatic rings. The van der Waals surface area contributed by atoms with Crippen LogP contribution in [0.4, 0.5) is 8.78 Å². The summed E-state index contributed by atoms with van der Waals surface area (Å²) in [6.07, 6.45) is 2.47. The first kappa shape index (κ1) is 8.69. The van der Waals surface area contributed by atoms with Crippen molar-refractivity contribution in [1.29, 1.82) is 0 Å². The first-order valence-corrected chi connectivity index (χ1v) is 3.89. The second kappa shape index (κ2) is 2.29. The minimum atomic E-state index is -2.40. The molecule has 0 aliphatic heterocycles. The molecule has 0 aromatic carbocycles. The van der Waals surface area contributed by atoms with Crippen molar-refractivity contribution in [1.82, 2.24) is 0 Å². The molecule has 1 unspecified atom stereocenters. The second-order valence-corrected chi connectivity index (χ2v) is 3.93. The van der Waals surface area contributed by atoms with Gasteiger partial charge < -0.3 is 0 Å². The van der Waals surface area contributed by atoms with E-state index in [1.807, 2.05) is 19.9 Å². The Hall–Kier alpha value is -0.400. The maximum atomic E-state index is 12.6. The topological polar surface area (TPSA) is 0 Å². The predicted molar refractivity (Wildman–Crippen MR) is 41.7 cm³/mol. The Balaban J connectivity index is 2.47. The first-order valence-electron chi connectivity index (χ1n) is 3.89. The number of hydrogen-bond donors (Lipinski definition) is 0. The standard InChI is InChI=1S/C9H14F2/c1-7(2)4-5-8(3)6-9(8,10)11/h4H,5-6H2,1-3H3. The summed E-state index contributed by atoms with van der Waals surface area (Å²) in [5, 5.41) is 0. The van der Waals surface area contributed by atoms with Crippen LogP contribution in [0.5, 0.6) is 0 Å². The zero-order valence-electron chi connectivity index (χ0n) is 7.25. The Kier molecular flexibility index (Phi) is 1.81. The van der Waals surface area contributed by atoms with E-state index >= 15 is 0 Å². The second-order valence-electron chi connectivity index (χ2n) is 3.93. The van der Waals surface area contributed by atoms with Crippen molar-refractivity contribution < 1.29 is 8.78 Å². The summed E-state index contributed by atoms with van der Waals surface area (Å²) in [6, 6.07) is 0. The molecule has 0 aromatic rings. The Morgan fingerprint density at radius 2 is 1.91 bits per heavy atom. The zero-order chi connectivity index (χ0) is 8.70. The molecule has 0 saturated heterocycles. The highest BCUT2D eigenvalue weighted by Gasteiger charge is 2.66. The fourth-order valence-electron chi connectivity index (χ4n) is 1.10. The van der Waals surface area contributed by atoms with Crippen LogP contribution in [0.2, 0.25) is 0 Å². The van der Waals surface area contributed by atoms with Crippen LogP contribution < -0.4 is 0 Å². The van der Waals surface area contributed by atoms with Crippen molar-refractivity contribution in [2.24, 2.45) is 5.41 Å². The van der Waals surface area contributed by atoms with E-state index in [2.05, 4.69) is 0 Å². The molecular weight excluding hydrogens is 146 g/mol. The van der Waals surface area contributed by atoms with Crippen LogP contribution >= 0.6 is 0 Å². The molecule has 1 rings (SSSR count).